The van der Waals surface area contributed by atoms with Gasteiger partial charge in [0.05, 0.1) is 37.5 Å². The molecule has 6 rings (SSSR count). The number of nitrogens with one attached hydrogen (secondary N) is 1. The summed E-state index contributed by atoms with van der Waals surface area (Å²) < 4.78 is 36.6. The third-order valence-corrected chi connectivity index (χ3v) is 8.65. The summed E-state index contributed by atoms with van der Waals surface area (Å²) in [7, 11) is 0. The number of aliphatic hydroxyl groups excluding tert-OH is 1. The van der Waals surface area contributed by atoms with Gasteiger partial charge in [-0.05, 0) is 62.1 Å². The summed E-state index contributed by atoms with van der Waals surface area (Å²) >= 11 is 0. The molecule has 3 aliphatic rings. The number of carbonyl (C=O) groups excluding carboxylic acids is 1. The number of likely N-dealkylation sites (tertiary alicyclic amines) is 1. The summed E-state index contributed by atoms with van der Waals surface area (Å²) in [5.41, 5.74) is 2.53. The van der Waals surface area contributed by atoms with E-state index in [9.17, 15) is 9.59 Å². The van der Waals surface area contributed by atoms with Crippen LogP contribution in [0.2, 0.25) is 0 Å². The zero-order valence-electron chi connectivity index (χ0n) is 25.5. The number of rotatable bonds is 13. The number of fused-ring (bicyclic) bond motifs is 2. The van der Waals surface area contributed by atoms with Gasteiger partial charge in [-0.1, -0.05) is 18.2 Å². The monoisotopic (exact) mass is 623 g/mol. The van der Waals surface area contributed by atoms with Crippen LogP contribution in [0.3, 0.4) is 0 Å². The third kappa shape index (κ3) is 6.89. The summed E-state index contributed by atoms with van der Waals surface area (Å²) in [4.78, 5) is 31.4. The summed E-state index contributed by atoms with van der Waals surface area (Å²) in [6, 6.07) is 13.5. The number of piperidine rings is 1. The normalized spacial score (nSPS) is 21.6. The zero-order chi connectivity index (χ0) is 31.2. The van der Waals surface area contributed by atoms with E-state index in [0.717, 1.165) is 16.6 Å². The Morgan fingerprint density at radius 1 is 1.02 bits per heavy atom. The third-order valence-electron chi connectivity index (χ3n) is 8.65. The molecule has 3 aromatic rings. The first-order valence-electron chi connectivity index (χ1n) is 15.7. The summed E-state index contributed by atoms with van der Waals surface area (Å²) in [5.74, 6) is 1.07. The van der Waals surface area contributed by atoms with Gasteiger partial charge in [-0.3, -0.25) is 9.36 Å². The quantitative estimate of drug-likeness (QED) is 0.275. The van der Waals surface area contributed by atoms with Crippen LogP contribution in [-0.4, -0.2) is 91.3 Å². The Bertz CT molecular complexity index is 1540. The standard InChI is InChI=1S/C33H41N3O9/c1-2-42-32-24(11-15-40-17-18-41-16-14-37)25(22-7-8-28-29(19-22)44-21-43-28)20-30(45-32)31(38)35-12-9-23(10-13-35)36-27-6-4-3-5-26(27)34-33(36)39/h3-8,19-20,23-25,32,37H,2,9-18,21H2,1H3,(H,34,39)/t24-,25-,32-/m0/s1. The van der Waals surface area contributed by atoms with E-state index in [2.05, 4.69) is 4.98 Å². The number of aromatic nitrogens is 2. The number of aliphatic hydroxyl groups is 1. The largest absolute Gasteiger partial charge is 0.459 e. The highest BCUT2D eigenvalue weighted by molar-refractivity contribution is 5.92. The lowest BCUT2D eigenvalue weighted by Gasteiger charge is -2.39. The van der Waals surface area contributed by atoms with E-state index in [1.807, 2.05) is 60.0 Å². The van der Waals surface area contributed by atoms with Gasteiger partial charge in [0.2, 0.25) is 13.1 Å². The van der Waals surface area contributed by atoms with Crippen molar-refractivity contribution < 1.29 is 38.3 Å². The Balaban J connectivity index is 1.19. The van der Waals surface area contributed by atoms with Gasteiger partial charge < -0.3 is 43.4 Å². The number of hydrogen-bond acceptors (Lipinski definition) is 9. The molecule has 1 aromatic heterocycles. The fraction of sp³-hybridized carbons (Fsp3) is 0.515. The highest BCUT2D eigenvalue weighted by Crippen LogP contribution is 2.43. The highest BCUT2D eigenvalue weighted by atomic mass is 16.7. The van der Waals surface area contributed by atoms with Crippen LogP contribution >= 0.6 is 0 Å². The summed E-state index contributed by atoms with van der Waals surface area (Å²) in [6.07, 6.45) is 3.17. The van der Waals surface area contributed by atoms with Gasteiger partial charge in [0.1, 0.15) is 0 Å². The van der Waals surface area contributed by atoms with E-state index in [1.165, 1.54) is 0 Å². The Labute approximate surface area is 261 Å². The molecule has 12 nitrogen and oxygen atoms in total. The molecule has 2 aromatic carbocycles. The first-order valence-corrected chi connectivity index (χ1v) is 15.7. The molecule has 1 saturated heterocycles. The molecular formula is C33H41N3O9. The average Bonchev–Trinajstić information content (AvgIpc) is 3.67. The molecule has 3 aliphatic heterocycles. The van der Waals surface area contributed by atoms with E-state index in [0.29, 0.717) is 70.3 Å². The molecule has 0 unspecified atom stereocenters. The number of benzene rings is 2. The van der Waals surface area contributed by atoms with Gasteiger partial charge in [-0.15, -0.1) is 0 Å². The molecule has 1 amide bonds. The SMILES string of the molecule is CCO[C@H]1OC(C(=O)N2CCC(n3c(=O)[nH]c4ccccc43)CC2)=C[C@@H](c2ccc3c(c2)OCO3)[C@@H]1CCOCCOCCO. The number of carbonyl (C=O) groups is 1. The van der Waals surface area contributed by atoms with Gasteiger partial charge in [-0.2, -0.15) is 0 Å². The number of aromatic amines is 1. The summed E-state index contributed by atoms with van der Waals surface area (Å²) in [5, 5.41) is 8.90. The number of imidazole rings is 1. The molecule has 3 atom stereocenters. The molecule has 1 fully saturated rings. The van der Waals surface area contributed by atoms with Crippen LogP contribution in [0.1, 0.15) is 43.7 Å². The van der Waals surface area contributed by atoms with Gasteiger partial charge in [0.25, 0.3) is 5.91 Å². The molecule has 12 heteroatoms. The fourth-order valence-corrected chi connectivity index (χ4v) is 6.46. The number of H-pyrrole nitrogens is 1. The fourth-order valence-electron chi connectivity index (χ4n) is 6.46. The van der Waals surface area contributed by atoms with Crippen molar-refractivity contribution in [3.05, 3.63) is 70.3 Å². The molecule has 4 heterocycles. The number of amides is 1. The van der Waals surface area contributed by atoms with Crippen molar-refractivity contribution >= 4 is 16.9 Å². The molecule has 0 spiro atoms. The van der Waals surface area contributed by atoms with Crippen molar-refractivity contribution in [2.75, 3.05) is 59.5 Å². The Kier molecular flexibility index (Phi) is 10.0. The van der Waals surface area contributed by atoms with E-state index < -0.39 is 6.29 Å². The predicted octanol–water partition coefficient (Wildman–Crippen LogP) is 3.31. The van der Waals surface area contributed by atoms with Crippen molar-refractivity contribution in [1.29, 1.82) is 0 Å². The second-order valence-electron chi connectivity index (χ2n) is 11.4. The summed E-state index contributed by atoms with van der Waals surface area (Å²) in [6.45, 7) is 4.98. The topological polar surface area (TPSA) is 134 Å². The van der Waals surface area contributed by atoms with Crippen LogP contribution < -0.4 is 15.2 Å². The lowest BCUT2D eigenvalue weighted by Crippen LogP contribution is -2.44. The van der Waals surface area contributed by atoms with Gasteiger partial charge >= 0.3 is 5.69 Å². The maximum Gasteiger partial charge on any atom is 0.326 e. The van der Waals surface area contributed by atoms with Crippen LogP contribution in [0.15, 0.2) is 59.1 Å². The molecule has 242 valence electrons. The lowest BCUT2D eigenvalue weighted by atomic mass is 9.81. The van der Waals surface area contributed by atoms with Crippen LogP contribution in [0.4, 0.5) is 0 Å². The molecule has 45 heavy (non-hydrogen) atoms. The van der Waals surface area contributed by atoms with Crippen molar-refractivity contribution in [3.63, 3.8) is 0 Å². The first kappa shape index (κ1) is 31.2. The molecule has 0 radical (unpaired) electrons. The van der Waals surface area contributed by atoms with Crippen molar-refractivity contribution in [3.8, 4) is 11.5 Å². The maximum absolute atomic E-state index is 13.9. The minimum absolute atomic E-state index is 0.00470. The van der Waals surface area contributed by atoms with Crippen LogP contribution in [0.5, 0.6) is 11.5 Å². The van der Waals surface area contributed by atoms with E-state index >= 15 is 0 Å². The molecule has 0 bridgehead atoms. The Morgan fingerprint density at radius 3 is 2.60 bits per heavy atom. The van der Waals surface area contributed by atoms with Gasteiger partial charge in [0, 0.05) is 44.2 Å². The second-order valence-corrected chi connectivity index (χ2v) is 11.4. The molecule has 0 saturated carbocycles. The van der Waals surface area contributed by atoms with Crippen molar-refractivity contribution in [2.24, 2.45) is 5.92 Å². The predicted molar refractivity (Wildman–Crippen MR) is 164 cm³/mol. The Hall–Kier alpha value is -3.84. The lowest BCUT2D eigenvalue weighted by molar-refractivity contribution is -0.172. The zero-order valence-corrected chi connectivity index (χ0v) is 25.5. The van der Waals surface area contributed by atoms with E-state index in [1.54, 1.807) is 4.90 Å². The number of nitrogens with zero attached hydrogens (tertiary/aromatic N) is 2. The van der Waals surface area contributed by atoms with Crippen LogP contribution in [-0.2, 0) is 23.7 Å². The minimum Gasteiger partial charge on any atom is -0.459 e. The average molecular weight is 624 g/mol. The number of hydrogen-bond donors (Lipinski definition) is 2. The number of allylic oxidation sites excluding steroid dienone is 1. The first-order chi connectivity index (χ1) is 22.1. The smallest absolute Gasteiger partial charge is 0.326 e. The van der Waals surface area contributed by atoms with Crippen molar-refractivity contribution in [1.82, 2.24) is 14.5 Å². The molecule has 2 N–H and O–H groups in total. The Morgan fingerprint density at radius 2 is 1.80 bits per heavy atom. The molecular weight excluding hydrogens is 582 g/mol. The molecule has 0 aliphatic carbocycles. The van der Waals surface area contributed by atoms with Crippen molar-refractivity contribution in [2.45, 2.75) is 44.4 Å². The van der Waals surface area contributed by atoms with Crippen LogP contribution in [0.25, 0.3) is 11.0 Å². The van der Waals surface area contributed by atoms with E-state index in [-0.39, 0.29) is 55.2 Å². The number of ether oxygens (including phenoxy) is 6. The number of para-hydroxylation sites is 2. The maximum atomic E-state index is 13.9. The van der Waals surface area contributed by atoms with Gasteiger partial charge in [-0.25, -0.2) is 4.79 Å². The minimum atomic E-state index is -0.661. The van der Waals surface area contributed by atoms with E-state index in [4.69, 9.17) is 33.5 Å². The second kappa shape index (κ2) is 14.5. The highest BCUT2D eigenvalue weighted by Gasteiger charge is 2.40. The van der Waals surface area contributed by atoms with Gasteiger partial charge in [0.15, 0.2) is 17.3 Å². The van der Waals surface area contributed by atoms with Crippen LogP contribution in [0, 0.1) is 5.92 Å².